The van der Waals surface area contributed by atoms with Crippen molar-refractivity contribution in [2.75, 3.05) is 13.7 Å². The number of halogens is 1. The fraction of sp³-hybridized carbons (Fsp3) is 0.433. The van der Waals surface area contributed by atoms with Gasteiger partial charge in [-0.1, -0.05) is 29.8 Å². The number of carbonyl (C=O) groups excluding carboxylic acids is 3. The Morgan fingerprint density at radius 1 is 1.08 bits per heavy atom. The van der Waals surface area contributed by atoms with E-state index in [2.05, 4.69) is 5.32 Å². The van der Waals surface area contributed by atoms with Crippen molar-refractivity contribution in [3.8, 4) is 11.5 Å². The lowest BCUT2D eigenvalue weighted by Gasteiger charge is -2.56. The summed E-state index contributed by atoms with van der Waals surface area (Å²) in [6.45, 7) is 0.0732. The molecule has 3 amide bonds. The van der Waals surface area contributed by atoms with Crippen molar-refractivity contribution in [2.45, 2.75) is 50.6 Å². The van der Waals surface area contributed by atoms with Crippen molar-refractivity contribution in [1.29, 1.82) is 0 Å². The van der Waals surface area contributed by atoms with Gasteiger partial charge in [0.2, 0.25) is 0 Å². The Labute approximate surface area is 237 Å². The van der Waals surface area contributed by atoms with E-state index in [1.807, 2.05) is 6.07 Å². The summed E-state index contributed by atoms with van der Waals surface area (Å²) in [5.74, 6) is 2.70. The van der Waals surface area contributed by atoms with E-state index in [9.17, 15) is 14.4 Å². The summed E-state index contributed by atoms with van der Waals surface area (Å²) >= 11 is 6.94. The summed E-state index contributed by atoms with van der Waals surface area (Å²) in [5.41, 5.74) is 1.41. The molecule has 1 N–H and O–H groups in total. The molecule has 0 spiro atoms. The van der Waals surface area contributed by atoms with Crippen LogP contribution in [0.15, 0.2) is 47.4 Å². The minimum atomic E-state index is -0.356. The summed E-state index contributed by atoms with van der Waals surface area (Å²) in [4.78, 5) is 39.9. The van der Waals surface area contributed by atoms with Crippen LogP contribution in [-0.4, -0.2) is 41.2 Å². The maximum absolute atomic E-state index is 13.0. The standard InChI is InChI=1S/C30H31ClN2O5S/c1-37-25-11-18(12-26-28(35)33(29(36)39-26)16-19-3-2-4-23(31)10-19)5-6-24(25)38-17-27(34)32-30-13-20-7-21(14-30)9-22(8-20)15-30/h2-6,10-12,20-22H,7-9,13-17H2,1H3,(H,32,34)/b26-12-. The number of rotatable bonds is 8. The predicted molar refractivity (Wildman–Crippen MR) is 151 cm³/mol. The van der Waals surface area contributed by atoms with Gasteiger partial charge in [0.15, 0.2) is 18.1 Å². The van der Waals surface area contributed by atoms with Crippen LogP contribution in [0, 0.1) is 17.8 Å². The van der Waals surface area contributed by atoms with Crippen LogP contribution >= 0.6 is 23.4 Å². The molecule has 2 aromatic carbocycles. The van der Waals surface area contributed by atoms with Crippen LogP contribution in [0.5, 0.6) is 11.5 Å². The Hall–Kier alpha value is -2.97. The highest BCUT2D eigenvalue weighted by atomic mass is 35.5. The quantitative estimate of drug-likeness (QED) is 0.392. The zero-order valence-corrected chi connectivity index (χ0v) is 23.4. The first-order valence-corrected chi connectivity index (χ1v) is 14.6. The number of amides is 3. The van der Waals surface area contributed by atoms with Crippen LogP contribution in [-0.2, 0) is 16.1 Å². The second kappa shape index (κ2) is 10.5. The minimum Gasteiger partial charge on any atom is -0.493 e. The molecule has 2 aromatic rings. The van der Waals surface area contributed by atoms with E-state index in [-0.39, 0.29) is 35.7 Å². The molecule has 1 saturated heterocycles. The van der Waals surface area contributed by atoms with Gasteiger partial charge in [-0.05, 0) is 110 Å². The lowest BCUT2D eigenvalue weighted by Crippen LogP contribution is -2.60. The Bertz CT molecular complexity index is 1320. The average Bonchev–Trinajstić information content (AvgIpc) is 3.14. The Morgan fingerprint density at radius 3 is 2.46 bits per heavy atom. The molecule has 4 bridgehead atoms. The number of nitrogens with one attached hydrogen (secondary N) is 1. The molecular formula is C30H31ClN2O5S. The zero-order chi connectivity index (χ0) is 27.1. The van der Waals surface area contributed by atoms with Crippen molar-refractivity contribution in [3.05, 3.63) is 63.5 Å². The van der Waals surface area contributed by atoms with Gasteiger partial charge < -0.3 is 14.8 Å². The van der Waals surface area contributed by atoms with Gasteiger partial charge in [0.05, 0.1) is 18.6 Å². The summed E-state index contributed by atoms with van der Waals surface area (Å²) in [5, 5.41) is 3.55. The minimum absolute atomic E-state index is 0.0567. The lowest BCUT2D eigenvalue weighted by atomic mass is 9.53. The van der Waals surface area contributed by atoms with Gasteiger partial charge in [-0.3, -0.25) is 19.3 Å². The van der Waals surface area contributed by atoms with E-state index >= 15 is 0 Å². The summed E-state index contributed by atoms with van der Waals surface area (Å²) in [6, 6.07) is 12.3. The van der Waals surface area contributed by atoms with Gasteiger partial charge in [-0.25, -0.2) is 0 Å². The average molecular weight is 567 g/mol. The second-order valence-electron chi connectivity index (χ2n) is 11.3. The number of imide groups is 1. The number of nitrogens with zero attached hydrogens (tertiary/aromatic N) is 1. The van der Waals surface area contributed by atoms with E-state index < -0.39 is 0 Å². The van der Waals surface area contributed by atoms with Crippen LogP contribution in [0.1, 0.15) is 49.7 Å². The number of hydrogen-bond acceptors (Lipinski definition) is 6. The van der Waals surface area contributed by atoms with Crippen molar-refractivity contribution < 1.29 is 23.9 Å². The third kappa shape index (κ3) is 5.54. The van der Waals surface area contributed by atoms with Crippen LogP contribution in [0.2, 0.25) is 5.02 Å². The molecule has 0 unspecified atom stereocenters. The smallest absolute Gasteiger partial charge is 0.293 e. The molecule has 204 valence electrons. The monoisotopic (exact) mass is 566 g/mol. The number of ether oxygens (including phenoxy) is 2. The van der Waals surface area contributed by atoms with Gasteiger partial charge in [0, 0.05) is 10.6 Å². The number of thioether (sulfide) groups is 1. The van der Waals surface area contributed by atoms with E-state index in [4.69, 9.17) is 21.1 Å². The maximum atomic E-state index is 13.0. The molecule has 9 heteroatoms. The number of methoxy groups -OCH3 is 1. The van der Waals surface area contributed by atoms with Gasteiger partial charge in [-0.2, -0.15) is 0 Å². The third-order valence-corrected chi connectivity index (χ3v) is 9.53. The molecule has 0 aromatic heterocycles. The third-order valence-electron chi connectivity index (χ3n) is 8.39. The molecule has 0 atom stereocenters. The summed E-state index contributed by atoms with van der Waals surface area (Å²) < 4.78 is 11.4. The Balaban J connectivity index is 1.09. The molecule has 1 heterocycles. The molecular weight excluding hydrogens is 536 g/mol. The van der Waals surface area contributed by atoms with Crippen LogP contribution in [0.3, 0.4) is 0 Å². The van der Waals surface area contributed by atoms with E-state index in [0.29, 0.717) is 27.0 Å². The maximum Gasteiger partial charge on any atom is 0.293 e. The molecule has 4 aliphatic carbocycles. The largest absolute Gasteiger partial charge is 0.493 e. The van der Waals surface area contributed by atoms with E-state index in [0.717, 1.165) is 54.3 Å². The van der Waals surface area contributed by atoms with Crippen molar-refractivity contribution in [1.82, 2.24) is 10.2 Å². The highest BCUT2D eigenvalue weighted by Crippen LogP contribution is 2.55. The topological polar surface area (TPSA) is 84.9 Å². The summed E-state index contributed by atoms with van der Waals surface area (Å²) in [6.07, 6.45) is 8.90. The molecule has 4 saturated carbocycles. The SMILES string of the molecule is COc1cc(/C=C2\SC(=O)N(Cc3cccc(Cl)c3)C2=O)ccc1OCC(=O)NC12CC3CC(CC(C3)C1)C2. The number of carbonyl (C=O) groups is 3. The fourth-order valence-corrected chi connectivity index (χ4v) is 8.29. The van der Waals surface area contributed by atoms with Gasteiger partial charge in [0.25, 0.3) is 17.1 Å². The van der Waals surface area contributed by atoms with Gasteiger partial charge >= 0.3 is 0 Å². The van der Waals surface area contributed by atoms with Crippen LogP contribution < -0.4 is 14.8 Å². The number of benzene rings is 2. The van der Waals surface area contributed by atoms with Crippen LogP contribution in [0.25, 0.3) is 6.08 Å². The lowest BCUT2D eigenvalue weighted by molar-refractivity contribution is -0.129. The van der Waals surface area contributed by atoms with Crippen molar-refractivity contribution >= 4 is 46.5 Å². The normalized spacial score (nSPS) is 28.3. The van der Waals surface area contributed by atoms with Gasteiger partial charge in [-0.15, -0.1) is 0 Å². The highest BCUT2D eigenvalue weighted by molar-refractivity contribution is 8.18. The molecule has 5 aliphatic rings. The van der Waals surface area contributed by atoms with E-state index in [1.54, 1.807) is 42.5 Å². The van der Waals surface area contributed by atoms with Crippen molar-refractivity contribution in [3.63, 3.8) is 0 Å². The molecule has 5 fully saturated rings. The second-order valence-corrected chi connectivity index (χ2v) is 12.8. The predicted octanol–water partition coefficient (Wildman–Crippen LogP) is 6.05. The molecule has 0 radical (unpaired) electrons. The fourth-order valence-electron chi connectivity index (χ4n) is 7.24. The highest BCUT2D eigenvalue weighted by Gasteiger charge is 2.51. The van der Waals surface area contributed by atoms with Gasteiger partial charge in [0.1, 0.15) is 0 Å². The van der Waals surface area contributed by atoms with E-state index in [1.165, 1.54) is 31.3 Å². The zero-order valence-electron chi connectivity index (χ0n) is 21.8. The van der Waals surface area contributed by atoms with Crippen molar-refractivity contribution in [2.24, 2.45) is 17.8 Å². The molecule has 39 heavy (non-hydrogen) atoms. The summed E-state index contributed by atoms with van der Waals surface area (Å²) in [7, 11) is 1.53. The molecule has 7 rings (SSSR count). The molecule has 7 nitrogen and oxygen atoms in total. The number of hydrogen-bond donors (Lipinski definition) is 1. The Morgan fingerprint density at radius 2 is 1.79 bits per heavy atom. The first-order chi connectivity index (χ1) is 18.8. The Kier molecular flexibility index (Phi) is 7.10. The molecule has 1 aliphatic heterocycles. The van der Waals surface area contributed by atoms with Crippen LogP contribution in [0.4, 0.5) is 4.79 Å². The first-order valence-electron chi connectivity index (χ1n) is 13.4. The first kappa shape index (κ1) is 26.3.